The fourth-order valence-electron chi connectivity index (χ4n) is 3.36. The van der Waals surface area contributed by atoms with Gasteiger partial charge in [-0.2, -0.15) is 0 Å². The number of halogens is 1. The summed E-state index contributed by atoms with van der Waals surface area (Å²) >= 11 is 6.20. The molecule has 0 aromatic heterocycles. The van der Waals surface area contributed by atoms with Gasteiger partial charge in [0.2, 0.25) is 0 Å². The predicted octanol–water partition coefficient (Wildman–Crippen LogP) is 5.19. The van der Waals surface area contributed by atoms with Crippen LogP contribution < -0.4 is 4.74 Å². The first kappa shape index (κ1) is 16.2. The molecule has 25 heavy (non-hydrogen) atoms. The number of rotatable bonds is 5. The third kappa shape index (κ3) is 3.55. The normalized spacial score (nSPS) is 15.1. The van der Waals surface area contributed by atoms with E-state index in [-0.39, 0.29) is 12.1 Å². The Morgan fingerprint density at radius 1 is 0.760 bits per heavy atom. The van der Waals surface area contributed by atoms with E-state index in [1.165, 1.54) is 11.1 Å². The third-order valence-corrected chi connectivity index (χ3v) is 4.91. The monoisotopic (exact) mass is 349 g/mol. The van der Waals surface area contributed by atoms with E-state index in [1.807, 2.05) is 24.3 Å². The highest BCUT2D eigenvalue weighted by atomic mass is 35.5. The molecule has 0 aliphatic carbocycles. The Morgan fingerprint density at radius 3 is 1.84 bits per heavy atom. The molecule has 3 aromatic carbocycles. The second-order valence-corrected chi connectivity index (χ2v) is 6.76. The molecule has 1 saturated heterocycles. The first-order chi connectivity index (χ1) is 12.3. The maximum Gasteiger partial charge on any atom is 0.138 e. The van der Waals surface area contributed by atoms with Gasteiger partial charge in [0, 0.05) is 13.1 Å². The Labute approximate surface area is 153 Å². The molecule has 1 aliphatic heterocycles. The number of nitrogens with zero attached hydrogens (tertiary/aromatic N) is 1. The summed E-state index contributed by atoms with van der Waals surface area (Å²) < 4.78 is 6.06. The largest absolute Gasteiger partial charge is 0.486 e. The van der Waals surface area contributed by atoms with E-state index >= 15 is 0 Å². The van der Waals surface area contributed by atoms with Gasteiger partial charge in [-0.05, 0) is 23.3 Å². The van der Waals surface area contributed by atoms with Gasteiger partial charge in [-0.25, -0.2) is 0 Å². The minimum Gasteiger partial charge on any atom is -0.486 e. The zero-order valence-corrected chi connectivity index (χ0v) is 14.6. The lowest BCUT2D eigenvalue weighted by atomic mass is 9.94. The standard InChI is InChI=1S/C22H20ClNO/c23-20-13-7-8-14-21(20)25-19-15-24(16-19)22(17-9-3-1-4-10-17)18-11-5-2-6-12-18/h1-14,19,22H,15-16H2. The van der Waals surface area contributed by atoms with Crippen molar-refractivity contribution >= 4 is 11.6 Å². The molecule has 2 nitrogen and oxygen atoms in total. The summed E-state index contributed by atoms with van der Waals surface area (Å²) in [5, 5.41) is 0.670. The minimum absolute atomic E-state index is 0.176. The molecule has 1 fully saturated rings. The van der Waals surface area contributed by atoms with E-state index < -0.39 is 0 Å². The van der Waals surface area contributed by atoms with E-state index in [0.717, 1.165) is 18.8 Å². The van der Waals surface area contributed by atoms with Crippen molar-refractivity contribution < 1.29 is 4.74 Å². The van der Waals surface area contributed by atoms with Crippen LogP contribution in [0.2, 0.25) is 5.02 Å². The Kier molecular flexibility index (Phi) is 4.73. The Bertz CT molecular complexity index is 776. The van der Waals surface area contributed by atoms with Crippen LogP contribution >= 0.6 is 11.6 Å². The van der Waals surface area contributed by atoms with Gasteiger partial charge in [0.1, 0.15) is 11.9 Å². The number of hydrogen-bond acceptors (Lipinski definition) is 2. The highest BCUT2D eigenvalue weighted by molar-refractivity contribution is 6.32. The molecule has 0 atom stereocenters. The first-order valence-electron chi connectivity index (χ1n) is 8.56. The Hall–Kier alpha value is -2.29. The van der Waals surface area contributed by atoms with Gasteiger partial charge in [-0.1, -0.05) is 84.4 Å². The molecule has 0 radical (unpaired) electrons. The molecule has 0 saturated carbocycles. The lowest BCUT2D eigenvalue weighted by molar-refractivity contribution is 0.000343. The second kappa shape index (κ2) is 7.30. The number of likely N-dealkylation sites (tertiary alicyclic amines) is 1. The number of hydrogen-bond donors (Lipinski definition) is 0. The number of para-hydroxylation sites is 1. The van der Waals surface area contributed by atoms with E-state index in [4.69, 9.17) is 16.3 Å². The molecular formula is C22H20ClNO. The molecule has 3 aromatic rings. The van der Waals surface area contributed by atoms with Crippen molar-refractivity contribution in [2.75, 3.05) is 13.1 Å². The number of ether oxygens (including phenoxy) is 1. The van der Waals surface area contributed by atoms with E-state index in [1.54, 1.807) is 0 Å². The molecule has 0 N–H and O–H groups in total. The van der Waals surface area contributed by atoms with Crippen molar-refractivity contribution in [3.05, 3.63) is 101 Å². The van der Waals surface area contributed by atoms with Crippen molar-refractivity contribution in [2.24, 2.45) is 0 Å². The fourth-order valence-corrected chi connectivity index (χ4v) is 3.54. The van der Waals surface area contributed by atoms with Crippen LogP contribution in [0.15, 0.2) is 84.9 Å². The summed E-state index contributed by atoms with van der Waals surface area (Å²) in [4.78, 5) is 2.45. The van der Waals surface area contributed by atoms with Crippen LogP contribution in [-0.2, 0) is 0 Å². The summed E-state index contributed by atoms with van der Waals surface area (Å²) in [6.45, 7) is 1.78. The van der Waals surface area contributed by atoms with E-state index in [0.29, 0.717) is 5.02 Å². The van der Waals surface area contributed by atoms with Crippen molar-refractivity contribution in [1.82, 2.24) is 4.90 Å². The molecule has 4 rings (SSSR count). The van der Waals surface area contributed by atoms with E-state index in [2.05, 4.69) is 65.6 Å². The summed E-state index contributed by atoms with van der Waals surface area (Å²) in [5.41, 5.74) is 2.62. The highest BCUT2D eigenvalue weighted by Gasteiger charge is 2.35. The van der Waals surface area contributed by atoms with Crippen LogP contribution in [0.5, 0.6) is 5.75 Å². The van der Waals surface area contributed by atoms with Crippen LogP contribution in [0.1, 0.15) is 17.2 Å². The molecular weight excluding hydrogens is 330 g/mol. The smallest absolute Gasteiger partial charge is 0.138 e. The molecule has 3 heteroatoms. The summed E-state index contributed by atoms with van der Waals surface area (Å²) in [6.07, 6.45) is 0.176. The van der Waals surface area contributed by atoms with Gasteiger partial charge in [0.05, 0.1) is 11.1 Å². The number of benzene rings is 3. The van der Waals surface area contributed by atoms with Gasteiger partial charge in [-0.3, -0.25) is 4.90 Å². The molecule has 1 aliphatic rings. The van der Waals surface area contributed by atoms with Crippen molar-refractivity contribution in [1.29, 1.82) is 0 Å². The summed E-state index contributed by atoms with van der Waals surface area (Å²) in [7, 11) is 0. The fraction of sp³-hybridized carbons (Fsp3) is 0.182. The van der Waals surface area contributed by atoms with Crippen molar-refractivity contribution in [3.8, 4) is 5.75 Å². The SMILES string of the molecule is Clc1ccccc1OC1CN(C(c2ccccc2)c2ccccc2)C1. The third-order valence-electron chi connectivity index (χ3n) is 4.60. The van der Waals surface area contributed by atoms with Crippen LogP contribution in [0, 0.1) is 0 Å². The second-order valence-electron chi connectivity index (χ2n) is 6.35. The van der Waals surface area contributed by atoms with Crippen molar-refractivity contribution in [3.63, 3.8) is 0 Å². The van der Waals surface area contributed by atoms with E-state index in [9.17, 15) is 0 Å². The lowest BCUT2D eigenvalue weighted by Crippen LogP contribution is -2.55. The first-order valence-corrected chi connectivity index (χ1v) is 8.94. The van der Waals surface area contributed by atoms with Crippen LogP contribution in [0.25, 0.3) is 0 Å². The highest BCUT2D eigenvalue weighted by Crippen LogP contribution is 2.34. The maximum absolute atomic E-state index is 6.20. The average Bonchev–Trinajstić information content (AvgIpc) is 2.63. The summed E-state index contributed by atoms with van der Waals surface area (Å²) in [5.74, 6) is 0.768. The molecule has 0 amide bonds. The average molecular weight is 350 g/mol. The van der Waals surface area contributed by atoms with Crippen LogP contribution in [0.4, 0.5) is 0 Å². The molecule has 0 unspecified atom stereocenters. The zero-order valence-electron chi connectivity index (χ0n) is 13.9. The zero-order chi connectivity index (χ0) is 17.1. The van der Waals surface area contributed by atoms with Gasteiger partial charge < -0.3 is 4.74 Å². The Balaban J connectivity index is 1.50. The van der Waals surface area contributed by atoms with Crippen molar-refractivity contribution in [2.45, 2.75) is 12.1 Å². The van der Waals surface area contributed by atoms with Gasteiger partial charge in [-0.15, -0.1) is 0 Å². The quantitative estimate of drug-likeness (QED) is 0.628. The van der Waals surface area contributed by atoms with Gasteiger partial charge >= 0.3 is 0 Å². The predicted molar refractivity (Wildman–Crippen MR) is 102 cm³/mol. The molecule has 1 heterocycles. The Morgan fingerprint density at radius 2 is 1.28 bits per heavy atom. The van der Waals surface area contributed by atoms with Crippen LogP contribution in [-0.4, -0.2) is 24.1 Å². The topological polar surface area (TPSA) is 12.5 Å². The maximum atomic E-state index is 6.20. The molecule has 0 spiro atoms. The van der Waals surface area contributed by atoms with Crippen LogP contribution in [0.3, 0.4) is 0 Å². The minimum atomic E-state index is 0.176. The van der Waals surface area contributed by atoms with Gasteiger partial charge in [0.25, 0.3) is 0 Å². The molecule has 126 valence electrons. The van der Waals surface area contributed by atoms with Gasteiger partial charge in [0.15, 0.2) is 0 Å². The lowest BCUT2D eigenvalue weighted by Gasteiger charge is -2.44. The summed E-state index contributed by atoms with van der Waals surface area (Å²) in [6, 6.07) is 29.2. The molecule has 0 bridgehead atoms.